The second-order valence-electron chi connectivity index (χ2n) is 6.43. The first-order chi connectivity index (χ1) is 12.6. The molecule has 1 saturated heterocycles. The third-order valence-electron chi connectivity index (χ3n) is 4.44. The quantitative estimate of drug-likeness (QED) is 0.688. The maximum Gasteiger partial charge on any atom is 0.128 e. The molecule has 3 rings (SSSR count). The average molecular weight is 378 g/mol. The van der Waals surface area contributed by atoms with E-state index in [-0.39, 0.29) is 12.4 Å². The second kappa shape index (κ2) is 9.07. The first kappa shape index (κ1) is 18.8. The van der Waals surface area contributed by atoms with E-state index >= 15 is 0 Å². The molecule has 1 aliphatic rings. The molecule has 1 aromatic heterocycles. The van der Waals surface area contributed by atoms with E-state index in [1.165, 1.54) is 0 Å². The number of hydrogen-bond acceptors (Lipinski definition) is 6. The number of benzene rings is 1. The summed E-state index contributed by atoms with van der Waals surface area (Å²) in [6.07, 6.45) is 2.95. The van der Waals surface area contributed by atoms with Crippen LogP contribution >= 0.6 is 11.6 Å². The number of aromatic hydroxyl groups is 1. The predicted molar refractivity (Wildman–Crippen MR) is 102 cm³/mol. The summed E-state index contributed by atoms with van der Waals surface area (Å²) in [6, 6.07) is 10.5. The standard InChI is InChI=1S/C19H24ClN3O3/c20-14-1-6-19(22-11-14)23(15-7-9-21-10-8-15)12-17(25)13-26-18-4-2-16(24)3-5-18/h1-6,11,15,17,21,24-25H,7-10,12-13H2. The van der Waals surface area contributed by atoms with Crippen molar-refractivity contribution in [1.82, 2.24) is 10.3 Å². The second-order valence-corrected chi connectivity index (χ2v) is 6.86. The van der Waals surface area contributed by atoms with Crippen LogP contribution in [0.1, 0.15) is 12.8 Å². The van der Waals surface area contributed by atoms with Crippen LogP contribution in [-0.2, 0) is 0 Å². The highest BCUT2D eigenvalue weighted by atomic mass is 35.5. The molecule has 1 fully saturated rings. The highest BCUT2D eigenvalue weighted by Crippen LogP contribution is 2.22. The molecule has 0 aliphatic carbocycles. The van der Waals surface area contributed by atoms with Gasteiger partial charge in [0.25, 0.3) is 0 Å². The van der Waals surface area contributed by atoms with Crippen LogP contribution in [0.3, 0.4) is 0 Å². The molecule has 7 heteroatoms. The van der Waals surface area contributed by atoms with Crippen molar-refractivity contribution in [3.8, 4) is 11.5 Å². The molecule has 2 heterocycles. The van der Waals surface area contributed by atoms with Gasteiger partial charge in [-0.15, -0.1) is 0 Å². The summed E-state index contributed by atoms with van der Waals surface area (Å²) in [7, 11) is 0. The zero-order chi connectivity index (χ0) is 18.4. The normalized spacial score (nSPS) is 16.2. The molecule has 1 unspecified atom stereocenters. The van der Waals surface area contributed by atoms with Crippen LogP contribution in [0.5, 0.6) is 11.5 Å². The molecular formula is C19H24ClN3O3. The topological polar surface area (TPSA) is 77.8 Å². The van der Waals surface area contributed by atoms with Gasteiger partial charge in [-0.05, 0) is 62.3 Å². The number of rotatable bonds is 7. The fourth-order valence-corrected chi connectivity index (χ4v) is 3.21. The molecule has 1 aliphatic heterocycles. The number of halogens is 1. The third-order valence-corrected chi connectivity index (χ3v) is 4.67. The van der Waals surface area contributed by atoms with Gasteiger partial charge in [0, 0.05) is 18.8 Å². The molecule has 0 amide bonds. The summed E-state index contributed by atoms with van der Waals surface area (Å²) in [5, 5.41) is 23.8. The number of aromatic nitrogens is 1. The molecule has 2 aromatic rings. The lowest BCUT2D eigenvalue weighted by Crippen LogP contribution is -2.47. The molecule has 1 atom stereocenters. The van der Waals surface area contributed by atoms with Crippen LogP contribution in [0.2, 0.25) is 5.02 Å². The van der Waals surface area contributed by atoms with E-state index in [9.17, 15) is 10.2 Å². The van der Waals surface area contributed by atoms with Gasteiger partial charge in [0.1, 0.15) is 30.0 Å². The van der Waals surface area contributed by atoms with Crippen molar-refractivity contribution in [1.29, 1.82) is 0 Å². The van der Waals surface area contributed by atoms with Gasteiger partial charge in [-0.2, -0.15) is 0 Å². The zero-order valence-electron chi connectivity index (χ0n) is 14.5. The van der Waals surface area contributed by atoms with Crippen LogP contribution in [0.4, 0.5) is 5.82 Å². The number of nitrogens with zero attached hydrogens (tertiary/aromatic N) is 2. The van der Waals surface area contributed by atoms with E-state index in [0.717, 1.165) is 31.7 Å². The summed E-state index contributed by atoms with van der Waals surface area (Å²) in [5.41, 5.74) is 0. The van der Waals surface area contributed by atoms with Crippen molar-refractivity contribution in [2.75, 3.05) is 31.1 Å². The summed E-state index contributed by atoms with van der Waals surface area (Å²) >= 11 is 5.96. The Morgan fingerprint density at radius 2 is 1.92 bits per heavy atom. The van der Waals surface area contributed by atoms with E-state index in [4.69, 9.17) is 16.3 Å². The number of anilines is 1. The SMILES string of the molecule is Oc1ccc(OCC(O)CN(c2ccc(Cl)cn2)C2CCNCC2)cc1. The van der Waals surface area contributed by atoms with Gasteiger partial charge in [-0.3, -0.25) is 0 Å². The minimum Gasteiger partial charge on any atom is -0.508 e. The van der Waals surface area contributed by atoms with Gasteiger partial charge in [-0.1, -0.05) is 11.6 Å². The first-order valence-corrected chi connectivity index (χ1v) is 9.18. The zero-order valence-corrected chi connectivity index (χ0v) is 15.3. The van der Waals surface area contributed by atoms with Gasteiger partial charge in [0.15, 0.2) is 0 Å². The van der Waals surface area contributed by atoms with Crippen molar-refractivity contribution in [3.63, 3.8) is 0 Å². The fraction of sp³-hybridized carbons (Fsp3) is 0.421. The number of nitrogens with one attached hydrogen (secondary N) is 1. The molecular weight excluding hydrogens is 354 g/mol. The first-order valence-electron chi connectivity index (χ1n) is 8.80. The van der Waals surface area contributed by atoms with Gasteiger partial charge in [-0.25, -0.2) is 4.98 Å². The van der Waals surface area contributed by atoms with Gasteiger partial charge < -0.3 is 25.2 Å². The number of phenols is 1. The summed E-state index contributed by atoms with van der Waals surface area (Å²) in [4.78, 5) is 6.57. The molecule has 0 saturated carbocycles. The van der Waals surface area contributed by atoms with Crippen LogP contribution in [0.25, 0.3) is 0 Å². The summed E-state index contributed by atoms with van der Waals surface area (Å²) in [5.74, 6) is 1.61. The molecule has 0 radical (unpaired) electrons. The molecule has 3 N–H and O–H groups in total. The summed E-state index contributed by atoms with van der Waals surface area (Å²) < 4.78 is 5.62. The van der Waals surface area contributed by atoms with Crippen LogP contribution in [-0.4, -0.2) is 53.6 Å². The van der Waals surface area contributed by atoms with E-state index in [1.807, 2.05) is 12.1 Å². The minimum atomic E-state index is -0.670. The number of pyridine rings is 1. The molecule has 6 nitrogen and oxygen atoms in total. The van der Waals surface area contributed by atoms with Crippen molar-refractivity contribution in [2.45, 2.75) is 25.0 Å². The molecule has 1 aromatic carbocycles. The third kappa shape index (κ3) is 5.24. The van der Waals surface area contributed by atoms with E-state index in [0.29, 0.717) is 23.4 Å². The molecule has 26 heavy (non-hydrogen) atoms. The maximum absolute atomic E-state index is 10.5. The van der Waals surface area contributed by atoms with Crippen LogP contribution in [0, 0.1) is 0 Å². The Morgan fingerprint density at radius 1 is 1.19 bits per heavy atom. The van der Waals surface area contributed by atoms with E-state index < -0.39 is 6.10 Å². The Hall–Kier alpha value is -2.02. The lowest BCUT2D eigenvalue weighted by molar-refractivity contribution is 0.109. The van der Waals surface area contributed by atoms with Crippen molar-refractivity contribution in [3.05, 3.63) is 47.6 Å². The fourth-order valence-electron chi connectivity index (χ4n) is 3.10. The molecule has 0 bridgehead atoms. The largest absolute Gasteiger partial charge is 0.508 e. The lowest BCUT2D eigenvalue weighted by Gasteiger charge is -2.36. The van der Waals surface area contributed by atoms with E-state index in [1.54, 1.807) is 30.5 Å². The van der Waals surface area contributed by atoms with Crippen LogP contribution in [0.15, 0.2) is 42.6 Å². The summed E-state index contributed by atoms with van der Waals surface area (Å²) in [6.45, 7) is 2.50. The number of phenolic OH excluding ortho intramolecular Hbond substituents is 1. The highest BCUT2D eigenvalue weighted by molar-refractivity contribution is 6.30. The van der Waals surface area contributed by atoms with Crippen molar-refractivity contribution >= 4 is 17.4 Å². The van der Waals surface area contributed by atoms with Gasteiger partial charge in [0.2, 0.25) is 0 Å². The molecule has 140 valence electrons. The average Bonchev–Trinajstić information content (AvgIpc) is 2.67. The number of aliphatic hydroxyl groups excluding tert-OH is 1. The van der Waals surface area contributed by atoms with Crippen LogP contribution < -0.4 is 15.0 Å². The minimum absolute atomic E-state index is 0.167. The Kier molecular flexibility index (Phi) is 6.55. The Balaban J connectivity index is 1.63. The predicted octanol–water partition coefficient (Wildman–Crippen LogP) is 2.44. The van der Waals surface area contributed by atoms with E-state index in [2.05, 4.69) is 15.2 Å². The van der Waals surface area contributed by atoms with Crippen molar-refractivity contribution in [2.24, 2.45) is 0 Å². The Morgan fingerprint density at radius 3 is 2.58 bits per heavy atom. The van der Waals surface area contributed by atoms with Gasteiger partial charge in [0.05, 0.1) is 5.02 Å². The monoisotopic (exact) mass is 377 g/mol. The highest BCUT2D eigenvalue weighted by Gasteiger charge is 2.24. The Bertz CT molecular complexity index is 675. The smallest absolute Gasteiger partial charge is 0.128 e. The van der Waals surface area contributed by atoms with Gasteiger partial charge >= 0.3 is 0 Å². The number of piperidine rings is 1. The Labute approximate surface area is 158 Å². The number of hydrogen-bond donors (Lipinski definition) is 3. The maximum atomic E-state index is 10.5. The van der Waals surface area contributed by atoms with Crippen molar-refractivity contribution < 1.29 is 14.9 Å². The molecule has 0 spiro atoms. The lowest BCUT2D eigenvalue weighted by atomic mass is 10.0. The number of ether oxygens (including phenoxy) is 1. The number of aliphatic hydroxyl groups is 1.